The Balaban J connectivity index is 1.50. The Bertz CT molecular complexity index is 975. The van der Waals surface area contributed by atoms with Gasteiger partial charge in [0.2, 0.25) is 0 Å². The summed E-state index contributed by atoms with van der Waals surface area (Å²) in [6, 6.07) is 16.2. The van der Waals surface area contributed by atoms with E-state index in [2.05, 4.69) is 42.3 Å². The summed E-state index contributed by atoms with van der Waals surface area (Å²) in [6.07, 6.45) is 0.877. The number of urea groups is 1. The summed E-state index contributed by atoms with van der Waals surface area (Å²) < 4.78 is 5.24. The van der Waals surface area contributed by atoms with E-state index in [0.29, 0.717) is 6.54 Å². The van der Waals surface area contributed by atoms with Crippen molar-refractivity contribution in [3.05, 3.63) is 65.4 Å². The number of benzene rings is 2. The Morgan fingerprint density at radius 3 is 2.61 bits per heavy atom. The lowest BCUT2D eigenvalue weighted by atomic mass is 9.96. The van der Waals surface area contributed by atoms with Gasteiger partial charge in [0.05, 0.1) is 19.7 Å². The number of carbonyl (C=O) groups excluding carboxylic acids is 1. The maximum absolute atomic E-state index is 13.0. The number of hydrogen-bond acceptors (Lipinski definition) is 2. The van der Waals surface area contributed by atoms with Crippen LogP contribution in [0.25, 0.3) is 10.9 Å². The summed E-state index contributed by atoms with van der Waals surface area (Å²) >= 11 is 0. The minimum absolute atomic E-state index is 0.0150. The van der Waals surface area contributed by atoms with E-state index in [1.807, 2.05) is 35.2 Å². The number of aromatic amines is 1. The lowest BCUT2D eigenvalue weighted by Crippen LogP contribution is -2.45. The Morgan fingerprint density at radius 2 is 1.89 bits per heavy atom. The SMILES string of the molecule is COc1ccc([C@H](NC(=O)N2CCc3c([nH]c4ccccc34)C2)C(C)C)cc1. The number of methoxy groups -OCH3 is 1. The molecule has 146 valence electrons. The second kappa shape index (κ2) is 7.58. The molecule has 28 heavy (non-hydrogen) atoms. The van der Waals surface area contributed by atoms with Gasteiger partial charge in [-0.15, -0.1) is 0 Å². The average Bonchev–Trinajstić information content (AvgIpc) is 3.09. The van der Waals surface area contributed by atoms with Crippen molar-refractivity contribution in [2.45, 2.75) is 32.9 Å². The quantitative estimate of drug-likeness (QED) is 0.696. The van der Waals surface area contributed by atoms with Crippen molar-refractivity contribution in [3.63, 3.8) is 0 Å². The van der Waals surface area contributed by atoms with Crippen molar-refractivity contribution in [3.8, 4) is 5.75 Å². The van der Waals surface area contributed by atoms with Gasteiger partial charge in [0.25, 0.3) is 0 Å². The molecule has 1 atom stereocenters. The van der Waals surface area contributed by atoms with Gasteiger partial charge in [-0.1, -0.05) is 44.2 Å². The predicted molar refractivity (Wildman–Crippen MR) is 112 cm³/mol. The second-order valence-electron chi connectivity index (χ2n) is 7.74. The van der Waals surface area contributed by atoms with Gasteiger partial charge in [-0.25, -0.2) is 4.79 Å². The van der Waals surface area contributed by atoms with Crippen molar-refractivity contribution in [1.82, 2.24) is 15.2 Å². The van der Waals surface area contributed by atoms with Crippen LogP contribution in [0.15, 0.2) is 48.5 Å². The zero-order valence-corrected chi connectivity index (χ0v) is 16.7. The molecule has 2 heterocycles. The zero-order valence-electron chi connectivity index (χ0n) is 16.7. The highest BCUT2D eigenvalue weighted by Crippen LogP contribution is 2.28. The van der Waals surface area contributed by atoms with Gasteiger partial charge < -0.3 is 19.9 Å². The van der Waals surface area contributed by atoms with Gasteiger partial charge in [-0.3, -0.25) is 0 Å². The summed E-state index contributed by atoms with van der Waals surface area (Å²) in [7, 11) is 1.66. The molecular weight excluding hydrogens is 350 g/mol. The average molecular weight is 377 g/mol. The maximum atomic E-state index is 13.0. The normalized spacial score (nSPS) is 14.8. The molecule has 2 N–H and O–H groups in total. The molecule has 5 heteroatoms. The number of aromatic nitrogens is 1. The van der Waals surface area contributed by atoms with Crippen LogP contribution >= 0.6 is 0 Å². The van der Waals surface area contributed by atoms with Crippen LogP contribution in [0.3, 0.4) is 0 Å². The highest BCUT2D eigenvalue weighted by molar-refractivity contribution is 5.85. The molecule has 5 nitrogen and oxygen atoms in total. The molecule has 1 aliphatic rings. The van der Waals surface area contributed by atoms with Gasteiger partial charge in [0.1, 0.15) is 5.75 Å². The molecule has 0 spiro atoms. The summed E-state index contributed by atoms with van der Waals surface area (Å²) in [5.41, 5.74) is 4.73. The fourth-order valence-corrected chi connectivity index (χ4v) is 4.04. The maximum Gasteiger partial charge on any atom is 0.318 e. The van der Waals surface area contributed by atoms with Crippen molar-refractivity contribution in [2.75, 3.05) is 13.7 Å². The topological polar surface area (TPSA) is 57.4 Å². The van der Waals surface area contributed by atoms with Gasteiger partial charge in [0, 0.05) is 23.1 Å². The third-order valence-electron chi connectivity index (χ3n) is 5.59. The molecule has 0 fully saturated rings. The van der Waals surface area contributed by atoms with E-state index in [9.17, 15) is 4.79 Å². The Kier molecular flexibility index (Phi) is 4.99. The third kappa shape index (κ3) is 3.44. The van der Waals surface area contributed by atoms with Gasteiger partial charge in [-0.2, -0.15) is 0 Å². The highest BCUT2D eigenvalue weighted by Gasteiger charge is 2.26. The van der Waals surface area contributed by atoms with Crippen molar-refractivity contribution in [1.29, 1.82) is 0 Å². The van der Waals surface area contributed by atoms with E-state index in [1.54, 1.807) is 7.11 Å². The number of hydrogen-bond donors (Lipinski definition) is 2. The van der Waals surface area contributed by atoms with Gasteiger partial charge in [0.15, 0.2) is 0 Å². The van der Waals surface area contributed by atoms with Crippen LogP contribution < -0.4 is 10.1 Å². The van der Waals surface area contributed by atoms with E-state index in [-0.39, 0.29) is 18.0 Å². The first kappa shape index (κ1) is 18.4. The van der Waals surface area contributed by atoms with E-state index >= 15 is 0 Å². The molecular formula is C23H27N3O2. The molecule has 2 aromatic carbocycles. The molecule has 2 amide bonds. The molecule has 0 saturated carbocycles. The largest absolute Gasteiger partial charge is 0.497 e. The third-order valence-corrected chi connectivity index (χ3v) is 5.59. The molecule has 1 aromatic heterocycles. The molecule has 0 unspecified atom stereocenters. The molecule has 3 aromatic rings. The Labute approximate surface area is 165 Å². The number of nitrogens with zero attached hydrogens (tertiary/aromatic N) is 1. The molecule has 0 radical (unpaired) electrons. The highest BCUT2D eigenvalue weighted by atomic mass is 16.5. The van der Waals surface area contributed by atoms with Crippen molar-refractivity contribution < 1.29 is 9.53 Å². The lowest BCUT2D eigenvalue weighted by Gasteiger charge is -2.31. The number of carbonyl (C=O) groups is 1. The van der Waals surface area contributed by atoms with Crippen LogP contribution in [-0.2, 0) is 13.0 Å². The van der Waals surface area contributed by atoms with Gasteiger partial charge in [-0.05, 0) is 41.7 Å². The van der Waals surface area contributed by atoms with Crippen LogP contribution in [-0.4, -0.2) is 29.6 Å². The van der Waals surface area contributed by atoms with Gasteiger partial charge >= 0.3 is 6.03 Å². The van der Waals surface area contributed by atoms with E-state index in [1.165, 1.54) is 10.9 Å². The number of H-pyrrole nitrogens is 1. The minimum Gasteiger partial charge on any atom is -0.497 e. The minimum atomic E-state index is -0.0393. The molecule has 0 bridgehead atoms. The Morgan fingerprint density at radius 1 is 1.14 bits per heavy atom. The second-order valence-corrected chi connectivity index (χ2v) is 7.74. The fourth-order valence-electron chi connectivity index (χ4n) is 4.04. The van der Waals surface area contributed by atoms with Crippen molar-refractivity contribution in [2.24, 2.45) is 5.92 Å². The number of amides is 2. The van der Waals surface area contributed by atoms with E-state index < -0.39 is 0 Å². The monoisotopic (exact) mass is 377 g/mol. The van der Waals surface area contributed by atoms with Crippen LogP contribution in [0.4, 0.5) is 4.79 Å². The number of nitrogens with one attached hydrogen (secondary N) is 2. The van der Waals surface area contributed by atoms with Crippen molar-refractivity contribution >= 4 is 16.9 Å². The van der Waals surface area contributed by atoms with Crippen LogP contribution in [0, 0.1) is 5.92 Å². The standard InChI is InChI=1S/C23H27N3O2/c1-15(2)22(16-8-10-17(28-3)11-9-16)25-23(27)26-13-12-19-18-6-4-5-7-20(18)24-21(19)14-26/h4-11,15,22,24H,12-14H2,1-3H3,(H,25,27)/t22-/m1/s1. The number of para-hydroxylation sites is 1. The summed E-state index contributed by atoms with van der Waals surface area (Å²) in [6.45, 7) is 5.60. The van der Waals surface area contributed by atoms with Crippen LogP contribution in [0.1, 0.15) is 36.7 Å². The van der Waals surface area contributed by atoms with E-state index in [0.717, 1.165) is 35.5 Å². The summed E-state index contributed by atoms with van der Waals surface area (Å²) in [5, 5.41) is 4.51. The first-order chi connectivity index (χ1) is 13.6. The zero-order chi connectivity index (χ0) is 19.7. The lowest BCUT2D eigenvalue weighted by molar-refractivity contribution is 0.184. The van der Waals surface area contributed by atoms with Crippen LogP contribution in [0.2, 0.25) is 0 Å². The molecule has 0 aliphatic carbocycles. The van der Waals surface area contributed by atoms with E-state index in [4.69, 9.17) is 4.74 Å². The number of fused-ring (bicyclic) bond motifs is 3. The first-order valence-corrected chi connectivity index (χ1v) is 9.84. The molecule has 1 aliphatic heterocycles. The van der Waals surface area contributed by atoms with Crippen LogP contribution in [0.5, 0.6) is 5.75 Å². The summed E-state index contributed by atoms with van der Waals surface area (Å²) in [4.78, 5) is 18.4. The number of ether oxygens (including phenoxy) is 1. The smallest absolute Gasteiger partial charge is 0.318 e. The number of rotatable bonds is 4. The fraction of sp³-hybridized carbons (Fsp3) is 0.348. The molecule has 4 rings (SSSR count). The first-order valence-electron chi connectivity index (χ1n) is 9.84. The predicted octanol–water partition coefficient (Wildman–Crippen LogP) is 4.64. The Hall–Kier alpha value is -2.95. The summed E-state index contributed by atoms with van der Waals surface area (Å²) in [5.74, 6) is 1.10. The molecule has 0 saturated heterocycles.